The van der Waals surface area contributed by atoms with Crippen molar-refractivity contribution in [3.05, 3.63) is 29.8 Å². The molecule has 1 fully saturated rings. The molecule has 1 aliphatic rings. The summed E-state index contributed by atoms with van der Waals surface area (Å²) in [6, 6.07) is 7.79. The highest BCUT2D eigenvalue weighted by Crippen LogP contribution is 2.38. The SMILES string of the molecule is C[C@@]1(c2[c]ccc(S(C)(=O)=O)c2)CO1. The minimum Gasteiger partial charge on any atom is -0.365 e. The van der Waals surface area contributed by atoms with Crippen molar-refractivity contribution in [1.29, 1.82) is 0 Å². The van der Waals surface area contributed by atoms with Crippen molar-refractivity contribution < 1.29 is 13.2 Å². The highest BCUT2D eigenvalue weighted by Gasteiger charge is 2.41. The van der Waals surface area contributed by atoms with Crippen LogP contribution in [0.5, 0.6) is 0 Å². The van der Waals surface area contributed by atoms with Crippen LogP contribution in [0.4, 0.5) is 0 Å². The van der Waals surface area contributed by atoms with E-state index < -0.39 is 9.84 Å². The van der Waals surface area contributed by atoms with Crippen LogP contribution in [0, 0.1) is 6.07 Å². The normalized spacial score (nSPS) is 26.1. The van der Waals surface area contributed by atoms with Crippen LogP contribution in [0.1, 0.15) is 12.5 Å². The molecule has 1 atom stereocenters. The molecule has 3 nitrogen and oxygen atoms in total. The Kier molecular flexibility index (Phi) is 1.94. The topological polar surface area (TPSA) is 46.7 Å². The van der Waals surface area contributed by atoms with Crippen molar-refractivity contribution in [2.75, 3.05) is 12.9 Å². The van der Waals surface area contributed by atoms with Crippen molar-refractivity contribution >= 4 is 9.84 Å². The van der Waals surface area contributed by atoms with E-state index in [2.05, 4.69) is 6.07 Å². The number of sulfone groups is 1. The molecule has 1 aromatic carbocycles. The first-order valence-corrected chi connectivity index (χ1v) is 6.17. The van der Waals surface area contributed by atoms with E-state index in [4.69, 9.17) is 4.74 Å². The first-order valence-electron chi connectivity index (χ1n) is 4.28. The van der Waals surface area contributed by atoms with E-state index in [0.717, 1.165) is 5.56 Å². The molecule has 75 valence electrons. The molecule has 4 heteroatoms. The summed E-state index contributed by atoms with van der Waals surface area (Å²) >= 11 is 0. The molecule has 0 N–H and O–H groups in total. The Labute approximate surface area is 83.6 Å². The summed E-state index contributed by atoms with van der Waals surface area (Å²) in [4.78, 5) is 0.322. The highest BCUT2D eigenvalue weighted by molar-refractivity contribution is 7.90. The molecule has 14 heavy (non-hydrogen) atoms. The second kappa shape index (κ2) is 2.81. The summed E-state index contributed by atoms with van der Waals surface area (Å²) < 4.78 is 27.8. The number of ether oxygens (including phenoxy) is 1. The molecule has 2 rings (SSSR count). The molecule has 0 unspecified atom stereocenters. The molecule has 1 aliphatic heterocycles. The molecule has 0 bridgehead atoms. The standard InChI is InChI=1S/C10H11O3S/c1-10(7-13-10)8-4-3-5-9(6-8)14(2,11)12/h3,5-6H,7H2,1-2H3/t10-/m0/s1. The van der Waals surface area contributed by atoms with Crippen molar-refractivity contribution in [3.63, 3.8) is 0 Å². The van der Waals surface area contributed by atoms with Gasteiger partial charge in [-0.1, -0.05) is 6.07 Å². The van der Waals surface area contributed by atoms with Gasteiger partial charge in [-0.15, -0.1) is 0 Å². The lowest BCUT2D eigenvalue weighted by molar-refractivity contribution is 0.329. The van der Waals surface area contributed by atoms with Crippen LogP contribution in [-0.4, -0.2) is 21.3 Å². The zero-order chi connectivity index (χ0) is 10.4. The molecule has 0 amide bonds. The van der Waals surface area contributed by atoms with Gasteiger partial charge in [-0.2, -0.15) is 0 Å². The van der Waals surface area contributed by atoms with Crippen molar-refractivity contribution in [3.8, 4) is 0 Å². The van der Waals surface area contributed by atoms with E-state index in [9.17, 15) is 8.42 Å². The monoisotopic (exact) mass is 211 g/mol. The summed E-state index contributed by atoms with van der Waals surface area (Å²) in [5, 5.41) is 0. The number of hydrogen-bond donors (Lipinski definition) is 0. The van der Waals surface area contributed by atoms with Gasteiger partial charge in [0.2, 0.25) is 0 Å². The third-order valence-electron chi connectivity index (χ3n) is 2.35. The van der Waals surface area contributed by atoms with E-state index >= 15 is 0 Å². The maximum atomic E-state index is 11.3. The van der Waals surface area contributed by atoms with Gasteiger partial charge in [0.05, 0.1) is 11.5 Å². The average molecular weight is 211 g/mol. The van der Waals surface area contributed by atoms with Gasteiger partial charge in [-0.3, -0.25) is 0 Å². The molecule has 0 saturated carbocycles. The fourth-order valence-corrected chi connectivity index (χ4v) is 1.89. The summed E-state index contributed by atoms with van der Waals surface area (Å²) in [6.07, 6.45) is 1.20. The summed E-state index contributed by atoms with van der Waals surface area (Å²) in [6.45, 7) is 2.56. The van der Waals surface area contributed by atoms with Crippen LogP contribution in [0.25, 0.3) is 0 Å². The van der Waals surface area contributed by atoms with Crippen LogP contribution in [0.15, 0.2) is 23.1 Å². The van der Waals surface area contributed by atoms with Gasteiger partial charge in [-0.05, 0) is 30.7 Å². The molecule has 0 aliphatic carbocycles. The number of benzene rings is 1. The molecule has 1 saturated heterocycles. The van der Waals surface area contributed by atoms with E-state index in [1.807, 2.05) is 6.92 Å². The Bertz CT molecular complexity index is 458. The Balaban J connectivity index is 2.47. The Morgan fingerprint density at radius 1 is 1.57 bits per heavy atom. The highest BCUT2D eigenvalue weighted by atomic mass is 32.2. The molecular formula is C10H11O3S. The number of rotatable bonds is 2. The maximum absolute atomic E-state index is 11.3. The van der Waals surface area contributed by atoms with Gasteiger partial charge >= 0.3 is 0 Å². The predicted molar refractivity (Wildman–Crippen MR) is 51.7 cm³/mol. The van der Waals surface area contributed by atoms with Gasteiger partial charge in [0.25, 0.3) is 0 Å². The van der Waals surface area contributed by atoms with Crippen LogP contribution in [0.2, 0.25) is 0 Å². The second-order valence-corrected chi connectivity index (χ2v) is 5.75. The van der Waals surface area contributed by atoms with E-state index in [-0.39, 0.29) is 5.60 Å². The zero-order valence-corrected chi connectivity index (χ0v) is 8.89. The lowest BCUT2D eigenvalue weighted by Crippen LogP contribution is -2.05. The first kappa shape index (κ1) is 9.68. The van der Waals surface area contributed by atoms with Gasteiger partial charge in [0.15, 0.2) is 9.84 Å². The molecular weight excluding hydrogens is 200 g/mol. The Morgan fingerprint density at radius 2 is 2.21 bits per heavy atom. The van der Waals surface area contributed by atoms with Crippen LogP contribution in [0.3, 0.4) is 0 Å². The van der Waals surface area contributed by atoms with Crippen molar-refractivity contribution in [1.82, 2.24) is 0 Å². The zero-order valence-electron chi connectivity index (χ0n) is 8.07. The first-order chi connectivity index (χ1) is 6.42. The Hall–Kier alpha value is -0.870. The van der Waals surface area contributed by atoms with Crippen molar-refractivity contribution in [2.24, 2.45) is 0 Å². The van der Waals surface area contributed by atoms with Gasteiger partial charge < -0.3 is 4.74 Å². The minimum atomic E-state index is -3.13. The summed E-state index contributed by atoms with van der Waals surface area (Å²) in [5.41, 5.74) is 0.487. The van der Waals surface area contributed by atoms with Gasteiger partial charge in [-0.25, -0.2) is 8.42 Å². The fourth-order valence-electron chi connectivity index (χ4n) is 1.25. The molecule has 0 aromatic heterocycles. The third-order valence-corrected chi connectivity index (χ3v) is 3.46. The largest absolute Gasteiger partial charge is 0.365 e. The second-order valence-electron chi connectivity index (χ2n) is 3.73. The minimum absolute atomic E-state index is 0.319. The summed E-state index contributed by atoms with van der Waals surface area (Å²) in [5.74, 6) is 0. The lowest BCUT2D eigenvalue weighted by atomic mass is 10.0. The smallest absolute Gasteiger partial charge is 0.175 e. The summed E-state index contributed by atoms with van der Waals surface area (Å²) in [7, 11) is -3.13. The maximum Gasteiger partial charge on any atom is 0.175 e. The molecule has 0 spiro atoms. The quantitative estimate of drug-likeness (QED) is 0.689. The van der Waals surface area contributed by atoms with E-state index in [0.29, 0.717) is 11.5 Å². The van der Waals surface area contributed by atoms with Crippen LogP contribution in [-0.2, 0) is 20.2 Å². The van der Waals surface area contributed by atoms with E-state index in [1.165, 1.54) is 6.26 Å². The third kappa shape index (κ3) is 1.67. The molecule has 1 radical (unpaired) electrons. The number of epoxide rings is 1. The Morgan fingerprint density at radius 3 is 2.71 bits per heavy atom. The van der Waals surface area contributed by atoms with Crippen LogP contribution >= 0.6 is 0 Å². The number of hydrogen-bond acceptors (Lipinski definition) is 3. The average Bonchev–Trinajstić information content (AvgIpc) is 2.84. The van der Waals surface area contributed by atoms with Gasteiger partial charge in [0.1, 0.15) is 5.60 Å². The fraction of sp³-hybridized carbons (Fsp3) is 0.400. The van der Waals surface area contributed by atoms with Crippen molar-refractivity contribution in [2.45, 2.75) is 17.4 Å². The molecule has 1 heterocycles. The van der Waals surface area contributed by atoms with Crippen LogP contribution < -0.4 is 0 Å². The lowest BCUT2D eigenvalue weighted by Gasteiger charge is -2.06. The molecule has 1 aromatic rings. The van der Waals surface area contributed by atoms with Gasteiger partial charge in [0, 0.05) is 6.26 Å². The van der Waals surface area contributed by atoms with E-state index in [1.54, 1.807) is 18.2 Å². The predicted octanol–water partition coefficient (Wildman–Crippen LogP) is 1.14.